The minimum absolute atomic E-state index is 0.0145. The first kappa shape index (κ1) is 33.3. The molecular formula is C35H33FN6O6. The first-order valence-corrected chi connectivity index (χ1v) is 14.9. The number of carboxylic acid groups (broad SMARTS) is 1. The summed E-state index contributed by atoms with van der Waals surface area (Å²) in [6, 6.07) is 19.8. The zero-order chi connectivity index (χ0) is 34.4. The third-order valence-electron chi connectivity index (χ3n) is 6.89. The van der Waals surface area contributed by atoms with Gasteiger partial charge in [0, 0.05) is 23.2 Å². The minimum Gasteiger partial charge on any atom is -0.480 e. The summed E-state index contributed by atoms with van der Waals surface area (Å²) in [5.41, 5.74) is 3.88. The molecule has 48 heavy (non-hydrogen) atoms. The van der Waals surface area contributed by atoms with Crippen LogP contribution < -0.4 is 16.0 Å². The second-order valence-corrected chi connectivity index (χ2v) is 11.9. The van der Waals surface area contributed by atoms with Crippen LogP contribution in [0.25, 0.3) is 34.1 Å². The Labute approximate surface area is 275 Å². The standard InChI is InChI=1S/C35H33FN6O6/c1-20-5-8-22(9-6-20)28-16-14-25(19-37-28)38-33(45)40-29(32(43)44)18-21-7-15-26(27(36)17-21)30-41-31(48-42-30)23-10-12-24(13-11-23)39-34(46)47-35(2,3)4/h5-17,19,29H,18H2,1-4H3,(H,39,46)(H,43,44)(H2,38,40,45). The van der Waals surface area contributed by atoms with Gasteiger partial charge in [0.1, 0.15) is 17.5 Å². The van der Waals surface area contributed by atoms with Crippen molar-refractivity contribution in [1.82, 2.24) is 20.4 Å². The van der Waals surface area contributed by atoms with E-state index >= 15 is 4.39 Å². The quantitative estimate of drug-likeness (QED) is 0.130. The molecule has 246 valence electrons. The average Bonchev–Trinajstić information content (AvgIpc) is 3.51. The topological polar surface area (TPSA) is 169 Å². The lowest BCUT2D eigenvalue weighted by atomic mass is 10.0. The van der Waals surface area contributed by atoms with Crippen LogP contribution in [0.1, 0.15) is 31.9 Å². The van der Waals surface area contributed by atoms with Gasteiger partial charge >= 0.3 is 18.1 Å². The number of nitrogens with one attached hydrogen (secondary N) is 3. The Balaban J connectivity index is 1.19. The molecule has 4 N–H and O–H groups in total. The van der Waals surface area contributed by atoms with E-state index in [2.05, 4.69) is 31.1 Å². The van der Waals surface area contributed by atoms with Gasteiger partial charge in [-0.05, 0) is 81.8 Å². The van der Waals surface area contributed by atoms with Crippen molar-refractivity contribution in [1.29, 1.82) is 0 Å². The van der Waals surface area contributed by atoms with E-state index < -0.39 is 35.6 Å². The molecule has 2 aromatic heterocycles. The normalized spacial score (nSPS) is 11.8. The third-order valence-corrected chi connectivity index (χ3v) is 6.89. The van der Waals surface area contributed by atoms with Crippen molar-refractivity contribution in [2.45, 2.75) is 45.8 Å². The van der Waals surface area contributed by atoms with Crippen molar-refractivity contribution >= 4 is 29.5 Å². The molecule has 0 bridgehead atoms. The van der Waals surface area contributed by atoms with E-state index in [-0.39, 0.29) is 23.7 Å². The van der Waals surface area contributed by atoms with Crippen LogP contribution in [0.3, 0.4) is 0 Å². The van der Waals surface area contributed by atoms with Gasteiger partial charge < -0.3 is 25.0 Å². The number of ether oxygens (including phenoxy) is 1. The van der Waals surface area contributed by atoms with Crippen LogP contribution >= 0.6 is 0 Å². The van der Waals surface area contributed by atoms with E-state index in [9.17, 15) is 19.5 Å². The fraction of sp³-hybridized carbons (Fsp3) is 0.200. The Kier molecular flexibility index (Phi) is 9.78. The summed E-state index contributed by atoms with van der Waals surface area (Å²) in [7, 11) is 0. The van der Waals surface area contributed by atoms with Gasteiger partial charge in [0.25, 0.3) is 5.89 Å². The fourth-order valence-corrected chi connectivity index (χ4v) is 4.56. The van der Waals surface area contributed by atoms with Gasteiger partial charge in [0.15, 0.2) is 0 Å². The van der Waals surface area contributed by atoms with Gasteiger partial charge in [0.2, 0.25) is 5.82 Å². The lowest BCUT2D eigenvalue weighted by Gasteiger charge is -2.19. The summed E-state index contributed by atoms with van der Waals surface area (Å²) < 4.78 is 25.7. The maximum atomic E-state index is 15.2. The monoisotopic (exact) mass is 652 g/mol. The zero-order valence-electron chi connectivity index (χ0n) is 26.6. The number of hydrogen-bond donors (Lipinski definition) is 4. The average molecular weight is 653 g/mol. The largest absolute Gasteiger partial charge is 0.480 e. The summed E-state index contributed by atoms with van der Waals surface area (Å²) in [5.74, 6) is -1.89. The molecule has 1 unspecified atom stereocenters. The van der Waals surface area contributed by atoms with E-state index in [0.29, 0.717) is 22.5 Å². The minimum atomic E-state index is -1.35. The molecule has 13 heteroatoms. The smallest absolute Gasteiger partial charge is 0.412 e. The van der Waals surface area contributed by atoms with Gasteiger partial charge in [-0.2, -0.15) is 4.98 Å². The second kappa shape index (κ2) is 14.1. The van der Waals surface area contributed by atoms with Crippen molar-refractivity contribution in [3.05, 3.63) is 102 Å². The zero-order valence-corrected chi connectivity index (χ0v) is 26.6. The third kappa shape index (κ3) is 8.78. The number of carbonyl (C=O) groups excluding carboxylic acids is 2. The number of aromatic nitrogens is 3. The second-order valence-electron chi connectivity index (χ2n) is 11.9. The van der Waals surface area contributed by atoms with Gasteiger partial charge in [0.05, 0.1) is 23.1 Å². The molecule has 5 rings (SSSR count). The van der Waals surface area contributed by atoms with Gasteiger partial charge in [-0.1, -0.05) is 41.1 Å². The summed E-state index contributed by atoms with van der Waals surface area (Å²) in [5, 5.41) is 21.2. The highest BCUT2D eigenvalue weighted by molar-refractivity contribution is 5.92. The Morgan fingerprint density at radius 3 is 2.23 bits per heavy atom. The lowest BCUT2D eigenvalue weighted by molar-refractivity contribution is -0.139. The number of nitrogens with zero attached hydrogens (tertiary/aromatic N) is 3. The molecule has 1 atom stereocenters. The van der Waals surface area contributed by atoms with Gasteiger partial charge in [-0.25, -0.2) is 18.8 Å². The highest BCUT2D eigenvalue weighted by atomic mass is 19.1. The summed E-state index contributed by atoms with van der Waals surface area (Å²) in [6.45, 7) is 7.27. The molecule has 0 spiro atoms. The number of amides is 3. The number of pyridine rings is 1. The molecule has 0 aliphatic carbocycles. The highest BCUT2D eigenvalue weighted by Crippen LogP contribution is 2.26. The molecule has 0 aliphatic heterocycles. The molecule has 3 amide bonds. The Morgan fingerprint density at radius 2 is 1.60 bits per heavy atom. The number of halogens is 1. The van der Waals surface area contributed by atoms with Crippen molar-refractivity contribution < 1.29 is 33.1 Å². The van der Waals surface area contributed by atoms with Gasteiger partial charge in [-0.3, -0.25) is 10.3 Å². The molecule has 3 aromatic carbocycles. The maximum absolute atomic E-state index is 15.2. The SMILES string of the molecule is Cc1ccc(-c2ccc(NC(=O)NC(Cc3ccc(-c4noc(-c5ccc(NC(=O)OC(C)(C)C)cc5)n4)c(F)c3)C(=O)O)cn2)cc1. The van der Waals surface area contributed by atoms with E-state index in [0.717, 1.165) is 22.9 Å². The van der Waals surface area contributed by atoms with Crippen LogP contribution in [0, 0.1) is 12.7 Å². The number of aryl methyl sites for hydroxylation is 1. The number of carboxylic acids is 1. The molecule has 0 saturated heterocycles. The van der Waals surface area contributed by atoms with Crippen LogP contribution in [0.5, 0.6) is 0 Å². The van der Waals surface area contributed by atoms with Crippen LogP contribution in [-0.4, -0.2) is 50.0 Å². The van der Waals surface area contributed by atoms with E-state index in [4.69, 9.17) is 9.26 Å². The van der Waals surface area contributed by atoms with E-state index in [1.165, 1.54) is 18.3 Å². The van der Waals surface area contributed by atoms with E-state index in [1.807, 2.05) is 31.2 Å². The molecule has 5 aromatic rings. The predicted molar refractivity (Wildman–Crippen MR) is 177 cm³/mol. The number of hydrogen-bond acceptors (Lipinski definition) is 8. The van der Waals surface area contributed by atoms with Crippen LogP contribution in [0.15, 0.2) is 89.6 Å². The fourth-order valence-electron chi connectivity index (χ4n) is 4.56. The number of anilines is 2. The molecule has 0 radical (unpaired) electrons. The number of carbonyl (C=O) groups is 3. The number of urea groups is 1. The Hall–Kier alpha value is -6.11. The van der Waals surface area contributed by atoms with E-state index in [1.54, 1.807) is 57.2 Å². The van der Waals surface area contributed by atoms with Crippen LogP contribution in [-0.2, 0) is 16.0 Å². The Bertz CT molecular complexity index is 1920. The number of rotatable bonds is 9. The summed E-state index contributed by atoms with van der Waals surface area (Å²) >= 11 is 0. The van der Waals surface area contributed by atoms with Crippen molar-refractivity contribution in [2.24, 2.45) is 0 Å². The van der Waals surface area contributed by atoms with Crippen molar-refractivity contribution in [3.63, 3.8) is 0 Å². The highest BCUT2D eigenvalue weighted by Gasteiger charge is 2.22. The number of aliphatic carboxylic acids is 1. The summed E-state index contributed by atoms with van der Waals surface area (Å²) in [6.07, 6.45) is 0.688. The molecule has 0 saturated carbocycles. The van der Waals surface area contributed by atoms with Crippen LogP contribution in [0.4, 0.5) is 25.4 Å². The van der Waals surface area contributed by atoms with Crippen molar-refractivity contribution in [3.8, 4) is 34.1 Å². The predicted octanol–water partition coefficient (Wildman–Crippen LogP) is 7.08. The molecule has 0 fully saturated rings. The number of benzene rings is 3. The lowest BCUT2D eigenvalue weighted by Crippen LogP contribution is -2.44. The van der Waals surface area contributed by atoms with Gasteiger partial charge in [-0.15, -0.1) is 0 Å². The summed E-state index contributed by atoms with van der Waals surface area (Å²) in [4.78, 5) is 45.2. The molecule has 12 nitrogen and oxygen atoms in total. The molecule has 2 heterocycles. The first-order valence-electron chi connectivity index (χ1n) is 14.9. The Morgan fingerprint density at radius 1 is 0.917 bits per heavy atom. The molecule has 0 aliphatic rings. The molecular weight excluding hydrogens is 619 g/mol. The van der Waals surface area contributed by atoms with Crippen molar-refractivity contribution in [2.75, 3.05) is 10.6 Å². The first-order chi connectivity index (χ1) is 22.8. The maximum Gasteiger partial charge on any atom is 0.412 e. The van der Waals surface area contributed by atoms with Crippen LogP contribution in [0.2, 0.25) is 0 Å².